The van der Waals surface area contributed by atoms with E-state index in [-0.39, 0.29) is 17.3 Å². The molecule has 3 aromatic rings. The normalized spacial score (nSPS) is 12.2. The maximum absolute atomic E-state index is 12.9. The van der Waals surface area contributed by atoms with Gasteiger partial charge in [0.25, 0.3) is 0 Å². The van der Waals surface area contributed by atoms with Gasteiger partial charge in [0.2, 0.25) is 21.8 Å². The van der Waals surface area contributed by atoms with Gasteiger partial charge in [-0.2, -0.15) is 4.31 Å². The molecule has 0 heterocycles. The Balaban J connectivity index is 1.75. The summed E-state index contributed by atoms with van der Waals surface area (Å²) >= 11 is 0. The molecule has 0 unspecified atom stereocenters. The molecule has 0 radical (unpaired) electrons. The summed E-state index contributed by atoms with van der Waals surface area (Å²) < 4.78 is 26.9. The van der Waals surface area contributed by atoms with Crippen molar-refractivity contribution in [3.63, 3.8) is 0 Å². The van der Waals surface area contributed by atoms with Gasteiger partial charge in [-0.25, -0.2) is 8.42 Å². The third-order valence-electron chi connectivity index (χ3n) is 5.10. The fraction of sp³-hybridized carbons (Fsp3) is 0.200. The Bertz CT molecular complexity index is 1210. The van der Waals surface area contributed by atoms with Crippen molar-refractivity contribution in [1.82, 2.24) is 9.62 Å². The highest BCUT2D eigenvalue weighted by Gasteiger charge is 2.25. The molecule has 3 aromatic carbocycles. The zero-order valence-electron chi connectivity index (χ0n) is 18.8. The summed E-state index contributed by atoms with van der Waals surface area (Å²) in [6.07, 6.45) is 0. The lowest BCUT2D eigenvalue weighted by Crippen LogP contribution is -2.40. The highest BCUT2D eigenvalue weighted by atomic mass is 32.2. The highest BCUT2D eigenvalue weighted by Crippen LogP contribution is 2.23. The van der Waals surface area contributed by atoms with Crippen molar-refractivity contribution in [2.24, 2.45) is 0 Å². The van der Waals surface area contributed by atoms with E-state index in [9.17, 15) is 18.0 Å². The minimum absolute atomic E-state index is 0.0324. The van der Waals surface area contributed by atoms with Crippen LogP contribution in [0.4, 0.5) is 5.69 Å². The van der Waals surface area contributed by atoms with Gasteiger partial charge in [0, 0.05) is 19.7 Å². The molecule has 0 spiro atoms. The standard InChI is InChI=1S/C25H27N3O4S/c1-18-9-11-21(12-10-18)25(20-7-5-4-6-8-20)27-24(30)17-28(3)33(31,32)23-15-13-22(14-16-23)26-19(2)29/h4-16,25H,17H2,1-3H3,(H,26,29)(H,27,30)/t25-/m1/s1. The second-order valence-corrected chi connectivity index (χ2v) is 9.83. The average Bonchev–Trinajstić information content (AvgIpc) is 2.78. The molecular formula is C25H27N3O4S. The first kappa shape index (κ1) is 24.2. The Labute approximate surface area is 194 Å². The number of carbonyl (C=O) groups excluding carboxylic acids is 2. The van der Waals surface area contributed by atoms with Crippen molar-refractivity contribution < 1.29 is 18.0 Å². The average molecular weight is 466 g/mol. The first-order valence-electron chi connectivity index (χ1n) is 10.4. The minimum Gasteiger partial charge on any atom is -0.344 e. The van der Waals surface area contributed by atoms with Crippen LogP contribution in [0.25, 0.3) is 0 Å². The number of carbonyl (C=O) groups is 2. The van der Waals surface area contributed by atoms with Crippen LogP contribution in [0.15, 0.2) is 83.8 Å². The quantitative estimate of drug-likeness (QED) is 0.532. The maximum Gasteiger partial charge on any atom is 0.243 e. The molecule has 33 heavy (non-hydrogen) atoms. The lowest BCUT2D eigenvalue weighted by atomic mass is 9.98. The third kappa shape index (κ3) is 6.27. The summed E-state index contributed by atoms with van der Waals surface area (Å²) in [5.74, 6) is -0.675. The van der Waals surface area contributed by atoms with E-state index in [1.807, 2.05) is 61.5 Å². The van der Waals surface area contributed by atoms with E-state index >= 15 is 0 Å². The minimum atomic E-state index is -3.89. The fourth-order valence-electron chi connectivity index (χ4n) is 3.35. The molecule has 2 amide bonds. The van der Waals surface area contributed by atoms with Crippen LogP contribution >= 0.6 is 0 Å². The number of amides is 2. The van der Waals surface area contributed by atoms with E-state index in [4.69, 9.17) is 0 Å². The van der Waals surface area contributed by atoms with Gasteiger partial charge in [0.05, 0.1) is 17.5 Å². The van der Waals surface area contributed by atoms with Gasteiger partial charge in [-0.3, -0.25) is 9.59 Å². The van der Waals surface area contributed by atoms with Crippen LogP contribution in [0, 0.1) is 6.92 Å². The van der Waals surface area contributed by atoms with Gasteiger partial charge in [-0.05, 0) is 42.3 Å². The molecule has 172 valence electrons. The summed E-state index contributed by atoms with van der Waals surface area (Å²) in [5, 5.41) is 5.55. The predicted octanol–water partition coefficient (Wildman–Crippen LogP) is 3.48. The SMILES string of the molecule is CC(=O)Nc1ccc(S(=O)(=O)N(C)CC(=O)N[C@H](c2ccccc2)c2ccc(C)cc2)cc1. The van der Waals surface area contributed by atoms with Gasteiger partial charge < -0.3 is 10.6 Å². The fourth-order valence-corrected chi connectivity index (χ4v) is 4.48. The molecule has 1 atom stereocenters. The molecule has 0 aromatic heterocycles. The Hall–Kier alpha value is -3.49. The molecule has 0 aliphatic heterocycles. The Morgan fingerprint density at radius 1 is 0.879 bits per heavy atom. The summed E-state index contributed by atoms with van der Waals surface area (Å²) in [7, 11) is -2.53. The lowest BCUT2D eigenvalue weighted by molar-refractivity contribution is -0.121. The van der Waals surface area contributed by atoms with E-state index in [2.05, 4.69) is 10.6 Å². The van der Waals surface area contributed by atoms with Gasteiger partial charge in [-0.15, -0.1) is 0 Å². The molecule has 3 rings (SSSR count). The molecule has 0 aliphatic rings. The summed E-state index contributed by atoms with van der Waals surface area (Å²) in [6, 6.07) is 22.8. The molecule has 0 aliphatic carbocycles. The van der Waals surface area contributed by atoms with Crippen LogP contribution in [-0.4, -0.2) is 38.1 Å². The van der Waals surface area contributed by atoms with E-state index < -0.39 is 22.0 Å². The predicted molar refractivity (Wildman–Crippen MR) is 128 cm³/mol. The number of hydrogen-bond donors (Lipinski definition) is 2. The number of aryl methyl sites for hydroxylation is 1. The molecule has 8 heteroatoms. The number of likely N-dealkylation sites (N-methyl/N-ethyl adjacent to an activating group) is 1. The molecule has 7 nitrogen and oxygen atoms in total. The molecule has 0 bridgehead atoms. The van der Waals surface area contributed by atoms with Crippen LogP contribution in [0.5, 0.6) is 0 Å². The monoisotopic (exact) mass is 465 g/mol. The van der Waals surface area contributed by atoms with Gasteiger partial charge >= 0.3 is 0 Å². The van der Waals surface area contributed by atoms with E-state index in [0.717, 1.165) is 21.0 Å². The van der Waals surface area contributed by atoms with Crippen LogP contribution in [-0.2, 0) is 19.6 Å². The Morgan fingerprint density at radius 2 is 1.45 bits per heavy atom. The van der Waals surface area contributed by atoms with Crippen molar-refractivity contribution in [2.45, 2.75) is 24.8 Å². The van der Waals surface area contributed by atoms with Crippen LogP contribution in [0.2, 0.25) is 0 Å². The summed E-state index contributed by atoms with van der Waals surface area (Å²) in [6.45, 7) is 3.02. The van der Waals surface area contributed by atoms with E-state index in [1.54, 1.807) is 0 Å². The van der Waals surface area contributed by atoms with Crippen molar-refractivity contribution in [3.8, 4) is 0 Å². The number of benzene rings is 3. The molecule has 2 N–H and O–H groups in total. The molecular weight excluding hydrogens is 438 g/mol. The first-order valence-corrected chi connectivity index (χ1v) is 11.9. The number of hydrogen-bond acceptors (Lipinski definition) is 4. The van der Waals surface area contributed by atoms with Crippen molar-refractivity contribution in [2.75, 3.05) is 18.9 Å². The molecule has 0 fully saturated rings. The van der Waals surface area contributed by atoms with Crippen LogP contribution in [0.1, 0.15) is 29.7 Å². The summed E-state index contributed by atoms with van der Waals surface area (Å²) in [5.41, 5.74) is 3.39. The molecule has 0 saturated heterocycles. The van der Waals surface area contributed by atoms with E-state index in [0.29, 0.717) is 5.69 Å². The number of nitrogens with one attached hydrogen (secondary N) is 2. The molecule has 0 saturated carbocycles. The smallest absolute Gasteiger partial charge is 0.243 e. The van der Waals surface area contributed by atoms with Crippen molar-refractivity contribution in [1.29, 1.82) is 0 Å². The van der Waals surface area contributed by atoms with Gasteiger partial charge in [-0.1, -0.05) is 60.2 Å². The lowest BCUT2D eigenvalue weighted by Gasteiger charge is -2.22. The van der Waals surface area contributed by atoms with Gasteiger partial charge in [0.1, 0.15) is 0 Å². The topological polar surface area (TPSA) is 95.6 Å². The third-order valence-corrected chi connectivity index (χ3v) is 6.92. The van der Waals surface area contributed by atoms with Crippen molar-refractivity contribution >= 4 is 27.5 Å². The Kier molecular flexibility index (Phi) is 7.63. The van der Waals surface area contributed by atoms with Crippen LogP contribution in [0.3, 0.4) is 0 Å². The number of anilines is 1. The van der Waals surface area contributed by atoms with Crippen LogP contribution < -0.4 is 10.6 Å². The summed E-state index contributed by atoms with van der Waals surface area (Å²) in [4.78, 5) is 24.1. The number of rotatable bonds is 8. The van der Waals surface area contributed by atoms with Crippen molar-refractivity contribution in [3.05, 3.63) is 95.6 Å². The van der Waals surface area contributed by atoms with E-state index in [1.165, 1.54) is 38.2 Å². The van der Waals surface area contributed by atoms with Gasteiger partial charge in [0.15, 0.2) is 0 Å². The Morgan fingerprint density at radius 3 is 2.03 bits per heavy atom. The zero-order valence-corrected chi connectivity index (χ0v) is 19.6. The highest BCUT2D eigenvalue weighted by molar-refractivity contribution is 7.89. The zero-order chi connectivity index (χ0) is 24.0. The second kappa shape index (κ2) is 10.4. The number of sulfonamides is 1. The largest absolute Gasteiger partial charge is 0.344 e. The maximum atomic E-state index is 12.9. The number of nitrogens with zero attached hydrogens (tertiary/aromatic N) is 1. The second-order valence-electron chi connectivity index (χ2n) is 7.79. The first-order chi connectivity index (χ1) is 15.7.